The molecule has 0 fully saturated rings. The largest absolute Gasteiger partial charge is 0.223 e. The van der Waals surface area contributed by atoms with E-state index in [0.717, 1.165) is 4.70 Å². The Bertz CT molecular complexity index is 437. The van der Waals surface area contributed by atoms with E-state index >= 15 is 0 Å². The highest BCUT2D eigenvalue weighted by Crippen LogP contribution is 2.34. The van der Waals surface area contributed by atoms with Crippen molar-refractivity contribution >= 4 is 56.4 Å². The summed E-state index contributed by atoms with van der Waals surface area (Å²) in [5, 5.41) is 0.975. The normalized spacial score (nSPS) is 10.9. The fourth-order valence-electron chi connectivity index (χ4n) is 0.910. The highest BCUT2D eigenvalue weighted by atomic mass is 35.5. The standard InChI is InChI=1S/C7H2Cl3NS/c8-3-1-2-4-6(5(3)9)11-7(10)12-4/h1-2H. The lowest BCUT2D eigenvalue weighted by Crippen LogP contribution is -1.71. The van der Waals surface area contributed by atoms with E-state index in [4.69, 9.17) is 34.8 Å². The van der Waals surface area contributed by atoms with Crippen LogP contribution in [0.1, 0.15) is 0 Å². The Kier molecular flexibility index (Phi) is 2.17. The molecular formula is C7H2Cl3NS. The Hall–Kier alpha value is -0.0200. The molecule has 1 heterocycles. The molecule has 0 radical (unpaired) electrons. The second kappa shape index (κ2) is 3.04. The average Bonchev–Trinajstić information content (AvgIpc) is 2.39. The van der Waals surface area contributed by atoms with Crippen LogP contribution in [0.5, 0.6) is 0 Å². The molecule has 0 spiro atoms. The van der Waals surface area contributed by atoms with Crippen molar-refractivity contribution in [3.63, 3.8) is 0 Å². The zero-order valence-electron chi connectivity index (χ0n) is 5.64. The minimum atomic E-state index is 0.470. The Morgan fingerprint density at radius 1 is 1.17 bits per heavy atom. The van der Waals surface area contributed by atoms with Crippen molar-refractivity contribution < 1.29 is 0 Å². The molecule has 12 heavy (non-hydrogen) atoms. The van der Waals surface area contributed by atoms with Gasteiger partial charge < -0.3 is 0 Å². The molecule has 0 aliphatic heterocycles. The van der Waals surface area contributed by atoms with Crippen LogP contribution in [0, 0.1) is 0 Å². The van der Waals surface area contributed by atoms with Gasteiger partial charge >= 0.3 is 0 Å². The number of nitrogens with zero attached hydrogens (tertiary/aromatic N) is 1. The molecule has 1 aromatic heterocycles. The van der Waals surface area contributed by atoms with E-state index < -0.39 is 0 Å². The van der Waals surface area contributed by atoms with Gasteiger partial charge in [-0.25, -0.2) is 4.98 Å². The summed E-state index contributed by atoms with van der Waals surface area (Å²) >= 11 is 18.8. The molecule has 1 aromatic carbocycles. The van der Waals surface area contributed by atoms with Crippen LogP contribution in [0.15, 0.2) is 12.1 Å². The number of hydrogen-bond acceptors (Lipinski definition) is 2. The summed E-state index contributed by atoms with van der Waals surface area (Å²) in [5.74, 6) is 0. The lowest BCUT2D eigenvalue weighted by atomic mass is 10.3. The number of hydrogen-bond donors (Lipinski definition) is 0. The maximum absolute atomic E-state index is 5.89. The van der Waals surface area contributed by atoms with Gasteiger partial charge in [-0.15, -0.1) is 11.3 Å². The highest BCUT2D eigenvalue weighted by Gasteiger charge is 2.08. The van der Waals surface area contributed by atoms with Crippen molar-refractivity contribution in [2.45, 2.75) is 0 Å². The van der Waals surface area contributed by atoms with Crippen LogP contribution in [0.2, 0.25) is 14.5 Å². The molecule has 0 aliphatic carbocycles. The third kappa shape index (κ3) is 1.29. The van der Waals surface area contributed by atoms with Crippen molar-refractivity contribution in [1.29, 1.82) is 0 Å². The van der Waals surface area contributed by atoms with E-state index in [1.54, 1.807) is 6.07 Å². The molecule has 2 rings (SSSR count). The smallest absolute Gasteiger partial charge is 0.184 e. The second-order valence-corrected chi connectivity index (χ2v) is 4.57. The molecule has 0 saturated heterocycles. The fraction of sp³-hybridized carbons (Fsp3) is 0. The minimum Gasteiger partial charge on any atom is -0.223 e. The predicted molar refractivity (Wildman–Crippen MR) is 54.7 cm³/mol. The van der Waals surface area contributed by atoms with Crippen LogP contribution < -0.4 is 0 Å². The van der Waals surface area contributed by atoms with Gasteiger partial charge in [0.1, 0.15) is 5.52 Å². The van der Waals surface area contributed by atoms with Gasteiger partial charge in [-0.05, 0) is 12.1 Å². The zero-order chi connectivity index (χ0) is 8.72. The molecule has 0 amide bonds. The number of thiazole rings is 1. The quantitative estimate of drug-likeness (QED) is 0.668. The van der Waals surface area contributed by atoms with E-state index in [1.807, 2.05) is 6.07 Å². The lowest BCUT2D eigenvalue weighted by molar-refractivity contribution is 1.50. The van der Waals surface area contributed by atoms with Crippen molar-refractivity contribution in [1.82, 2.24) is 4.98 Å². The molecule has 2 aromatic rings. The second-order valence-electron chi connectivity index (χ2n) is 2.17. The lowest BCUT2D eigenvalue weighted by Gasteiger charge is -1.93. The number of rotatable bonds is 0. The summed E-state index contributed by atoms with van der Waals surface area (Å²) in [6.45, 7) is 0. The molecule has 1 nitrogen and oxygen atoms in total. The van der Waals surface area contributed by atoms with Gasteiger partial charge in [-0.2, -0.15) is 0 Å². The van der Waals surface area contributed by atoms with Gasteiger partial charge in [-0.3, -0.25) is 0 Å². The van der Waals surface area contributed by atoms with Gasteiger partial charge in [0.05, 0.1) is 14.7 Å². The minimum absolute atomic E-state index is 0.470. The van der Waals surface area contributed by atoms with Gasteiger partial charge in [0.2, 0.25) is 0 Å². The third-order valence-electron chi connectivity index (χ3n) is 1.43. The number of aromatic nitrogens is 1. The summed E-state index contributed by atoms with van der Waals surface area (Å²) in [6.07, 6.45) is 0. The molecule has 0 N–H and O–H groups in total. The average molecular weight is 239 g/mol. The van der Waals surface area contributed by atoms with Crippen molar-refractivity contribution in [2.24, 2.45) is 0 Å². The first-order valence-corrected chi connectivity index (χ1v) is 5.03. The van der Waals surface area contributed by atoms with Crippen molar-refractivity contribution in [3.8, 4) is 0 Å². The number of benzene rings is 1. The molecule has 0 atom stereocenters. The van der Waals surface area contributed by atoms with Gasteiger partial charge in [-0.1, -0.05) is 34.8 Å². The van der Waals surface area contributed by atoms with Crippen LogP contribution in [-0.4, -0.2) is 4.98 Å². The zero-order valence-corrected chi connectivity index (χ0v) is 8.73. The maximum atomic E-state index is 5.89. The number of fused-ring (bicyclic) bond motifs is 1. The summed E-state index contributed by atoms with van der Waals surface area (Å²) in [4.78, 5) is 4.04. The predicted octanol–water partition coefficient (Wildman–Crippen LogP) is 4.26. The molecule has 5 heteroatoms. The van der Waals surface area contributed by atoms with Crippen LogP contribution in [-0.2, 0) is 0 Å². The molecule has 0 saturated carbocycles. The van der Waals surface area contributed by atoms with Crippen LogP contribution in [0.25, 0.3) is 10.2 Å². The fourth-order valence-corrected chi connectivity index (χ4v) is 2.36. The first-order valence-electron chi connectivity index (χ1n) is 3.08. The van der Waals surface area contributed by atoms with Crippen LogP contribution >= 0.6 is 46.1 Å². The Morgan fingerprint density at radius 3 is 2.67 bits per heavy atom. The summed E-state index contributed by atoms with van der Waals surface area (Å²) in [6, 6.07) is 3.59. The molecular weight excluding hydrogens is 237 g/mol. The molecule has 0 unspecified atom stereocenters. The number of halogens is 3. The van der Waals surface area contributed by atoms with E-state index in [-0.39, 0.29) is 0 Å². The van der Waals surface area contributed by atoms with Crippen LogP contribution in [0.3, 0.4) is 0 Å². The molecule has 0 aliphatic rings. The maximum Gasteiger partial charge on any atom is 0.184 e. The Morgan fingerprint density at radius 2 is 1.92 bits per heavy atom. The summed E-state index contributed by atoms with van der Waals surface area (Å²) < 4.78 is 1.43. The molecule has 62 valence electrons. The monoisotopic (exact) mass is 237 g/mol. The molecule has 0 bridgehead atoms. The van der Waals surface area contributed by atoms with E-state index in [9.17, 15) is 0 Å². The summed E-state index contributed by atoms with van der Waals surface area (Å²) in [5.41, 5.74) is 0.680. The van der Waals surface area contributed by atoms with Gasteiger partial charge in [0.15, 0.2) is 4.47 Å². The van der Waals surface area contributed by atoms with Crippen LogP contribution in [0.4, 0.5) is 0 Å². The van der Waals surface area contributed by atoms with E-state index in [2.05, 4.69) is 4.98 Å². The Balaban J connectivity index is 2.89. The van der Waals surface area contributed by atoms with Crippen molar-refractivity contribution in [3.05, 3.63) is 26.6 Å². The SMILES string of the molecule is Clc1nc2c(Cl)c(Cl)ccc2s1. The highest BCUT2D eigenvalue weighted by molar-refractivity contribution is 7.22. The van der Waals surface area contributed by atoms with Gasteiger partial charge in [0.25, 0.3) is 0 Å². The third-order valence-corrected chi connectivity index (χ3v) is 3.35. The van der Waals surface area contributed by atoms with E-state index in [0.29, 0.717) is 20.0 Å². The summed E-state index contributed by atoms with van der Waals surface area (Å²) in [7, 11) is 0. The topological polar surface area (TPSA) is 12.9 Å². The Labute approximate surface area is 87.9 Å². The van der Waals surface area contributed by atoms with Crippen molar-refractivity contribution in [2.75, 3.05) is 0 Å². The van der Waals surface area contributed by atoms with Gasteiger partial charge in [0, 0.05) is 0 Å². The van der Waals surface area contributed by atoms with E-state index in [1.165, 1.54) is 11.3 Å². The first kappa shape index (κ1) is 8.57. The first-order chi connectivity index (χ1) is 5.68.